The van der Waals surface area contributed by atoms with Crippen molar-refractivity contribution < 1.29 is 4.79 Å². The second-order valence-electron chi connectivity index (χ2n) is 6.02. The second kappa shape index (κ2) is 5.40. The van der Waals surface area contributed by atoms with E-state index in [2.05, 4.69) is 15.6 Å². The molecule has 5 heteroatoms. The quantitative estimate of drug-likeness (QED) is 0.912. The standard InChI is InChI=1S/C15H21N3OS/c1-9(14(19)18-15(3,4)5)16-11-6-7-12-13(8-11)20-10(2)17-12/h6-9,16H,1-5H3,(H,18,19)/t9-/m1/s1. The molecule has 0 aliphatic rings. The number of hydrogen-bond donors (Lipinski definition) is 2. The van der Waals surface area contributed by atoms with Gasteiger partial charge in [-0.25, -0.2) is 4.98 Å². The molecule has 0 spiro atoms. The lowest BCUT2D eigenvalue weighted by molar-refractivity contribution is -0.122. The van der Waals surface area contributed by atoms with Gasteiger partial charge in [-0.15, -0.1) is 11.3 Å². The van der Waals surface area contributed by atoms with Crippen LogP contribution in [-0.4, -0.2) is 22.5 Å². The molecule has 0 aliphatic carbocycles. The monoisotopic (exact) mass is 291 g/mol. The molecule has 0 unspecified atom stereocenters. The normalized spacial score (nSPS) is 13.2. The van der Waals surface area contributed by atoms with Crippen molar-refractivity contribution in [1.29, 1.82) is 0 Å². The largest absolute Gasteiger partial charge is 0.374 e. The van der Waals surface area contributed by atoms with Gasteiger partial charge in [0, 0.05) is 11.2 Å². The number of benzene rings is 1. The minimum absolute atomic E-state index is 0.00178. The Balaban J connectivity index is 2.09. The molecule has 0 aliphatic heterocycles. The van der Waals surface area contributed by atoms with Crippen molar-refractivity contribution in [3.05, 3.63) is 23.2 Å². The Bertz CT molecular complexity index is 628. The fourth-order valence-electron chi connectivity index (χ4n) is 1.92. The Labute approximate surface area is 123 Å². The summed E-state index contributed by atoms with van der Waals surface area (Å²) in [6, 6.07) is 5.71. The van der Waals surface area contributed by atoms with E-state index in [0.29, 0.717) is 0 Å². The van der Waals surface area contributed by atoms with E-state index in [1.165, 1.54) is 0 Å². The summed E-state index contributed by atoms with van der Waals surface area (Å²) < 4.78 is 1.14. The Morgan fingerprint density at radius 3 is 2.70 bits per heavy atom. The Hall–Kier alpha value is -1.62. The summed E-state index contributed by atoms with van der Waals surface area (Å²) in [6.07, 6.45) is 0. The molecule has 1 aromatic carbocycles. The van der Waals surface area contributed by atoms with Crippen LogP contribution in [0.25, 0.3) is 10.2 Å². The van der Waals surface area contributed by atoms with Crippen molar-refractivity contribution >= 4 is 33.1 Å². The summed E-state index contributed by atoms with van der Waals surface area (Å²) in [5, 5.41) is 7.25. The number of aromatic nitrogens is 1. The average Bonchev–Trinajstić information content (AvgIpc) is 2.66. The van der Waals surface area contributed by atoms with E-state index in [-0.39, 0.29) is 17.5 Å². The molecule has 2 N–H and O–H groups in total. The van der Waals surface area contributed by atoms with Gasteiger partial charge in [0.05, 0.1) is 15.2 Å². The van der Waals surface area contributed by atoms with Gasteiger partial charge in [-0.2, -0.15) is 0 Å². The predicted molar refractivity (Wildman–Crippen MR) is 85.3 cm³/mol. The minimum Gasteiger partial charge on any atom is -0.374 e. The van der Waals surface area contributed by atoms with E-state index in [0.717, 1.165) is 20.9 Å². The first-order valence-corrected chi connectivity index (χ1v) is 7.52. The minimum atomic E-state index is -0.277. The van der Waals surface area contributed by atoms with Crippen LogP contribution in [0.4, 0.5) is 5.69 Å². The predicted octanol–water partition coefficient (Wildman–Crippen LogP) is 3.32. The van der Waals surface area contributed by atoms with Crippen LogP contribution in [0.3, 0.4) is 0 Å². The SMILES string of the molecule is Cc1nc2ccc(N[C@H](C)C(=O)NC(C)(C)C)cc2s1. The molecule has 1 aromatic heterocycles. The number of aryl methyl sites for hydroxylation is 1. The van der Waals surface area contributed by atoms with Crippen molar-refractivity contribution in [2.45, 2.75) is 46.2 Å². The van der Waals surface area contributed by atoms with E-state index in [1.807, 2.05) is 52.8 Å². The Morgan fingerprint density at radius 2 is 2.05 bits per heavy atom. The van der Waals surface area contributed by atoms with Crippen molar-refractivity contribution in [2.75, 3.05) is 5.32 Å². The summed E-state index contributed by atoms with van der Waals surface area (Å²) in [7, 11) is 0. The number of nitrogens with zero attached hydrogens (tertiary/aromatic N) is 1. The van der Waals surface area contributed by atoms with Crippen LogP contribution in [0.1, 0.15) is 32.7 Å². The third-order valence-corrected chi connectivity index (χ3v) is 3.70. The molecule has 0 radical (unpaired) electrons. The van der Waals surface area contributed by atoms with E-state index < -0.39 is 0 Å². The van der Waals surface area contributed by atoms with Gasteiger partial charge in [-0.1, -0.05) is 0 Å². The number of nitrogens with one attached hydrogen (secondary N) is 2. The highest BCUT2D eigenvalue weighted by molar-refractivity contribution is 7.18. The Kier molecular flexibility index (Phi) is 3.99. The number of fused-ring (bicyclic) bond motifs is 1. The van der Waals surface area contributed by atoms with Crippen molar-refractivity contribution in [3.63, 3.8) is 0 Å². The third kappa shape index (κ3) is 3.70. The van der Waals surface area contributed by atoms with Gasteiger partial charge < -0.3 is 10.6 Å². The zero-order valence-corrected chi connectivity index (χ0v) is 13.4. The van der Waals surface area contributed by atoms with Crippen LogP contribution in [0, 0.1) is 6.92 Å². The lowest BCUT2D eigenvalue weighted by Crippen LogP contribution is -2.47. The van der Waals surface area contributed by atoms with E-state index in [1.54, 1.807) is 11.3 Å². The molecule has 0 fully saturated rings. The van der Waals surface area contributed by atoms with Gasteiger partial charge in [0.25, 0.3) is 0 Å². The number of carbonyl (C=O) groups excluding carboxylic acids is 1. The molecule has 0 saturated heterocycles. The van der Waals surface area contributed by atoms with E-state index >= 15 is 0 Å². The van der Waals surface area contributed by atoms with Crippen molar-refractivity contribution in [2.24, 2.45) is 0 Å². The van der Waals surface area contributed by atoms with Gasteiger partial charge in [-0.3, -0.25) is 4.79 Å². The molecule has 108 valence electrons. The summed E-state index contributed by atoms with van der Waals surface area (Å²) in [6.45, 7) is 9.79. The maximum Gasteiger partial charge on any atom is 0.242 e. The molecular formula is C15H21N3OS. The van der Waals surface area contributed by atoms with Crippen LogP contribution in [0.5, 0.6) is 0 Å². The van der Waals surface area contributed by atoms with Crippen LogP contribution in [-0.2, 0) is 4.79 Å². The summed E-state index contributed by atoms with van der Waals surface area (Å²) in [5.41, 5.74) is 1.73. The van der Waals surface area contributed by atoms with Crippen LogP contribution >= 0.6 is 11.3 Å². The molecule has 0 bridgehead atoms. The fraction of sp³-hybridized carbons (Fsp3) is 0.467. The third-order valence-electron chi connectivity index (χ3n) is 2.77. The van der Waals surface area contributed by atoms with Crippen molar-refractivity contribution in [1.82, 2.24) is 10.3 Å². The van der Waals surface area contributed by atoms with E-state index in [9.17, 15) is 4.79 Å². The highest BCUT2D eigenvalue weighted by Crippen LogP contribution is 2.25. The highest BCUT2D eigenvalue weighted by Gasteiger charge is 2.19. The first kappa shape index (κ1) is 14.8. The van der Waals surface area contributed by atoms with Crippen molar-refractivity contribution in [3.8, 4) is 0 Å². The summed E-state index contributed by atoms with van der Waals surface area (Å²) >= 11 is 1.66. The first-order valence-electron chi connectivity index (χ1n) is 6.70. The average molecular weight is 291 g/mol. The topological polar surface area (TPSA) is 54.0 Å². The molecule has 0 saturated carbocycles. The summed E-state index contributed by atoms with van der Waals surface area (Å²) in [5.74, 6) is -0.00178. The van der Waals surface area contributed by atoms with Gasteiger partial charge in [0.2, 0.25) is 5.91 Å². The number of amides is 1. The fourth-order valence-corrected chi connectivity index (χ4v) is 2.79. The molecule has 20 heavy (non-hydrogen) atoms. The molecule has 2 aromatic rings. The maximum absolute atomic E-state index is 12.0. The van der Waals surface area contributed by atoms with Gasteiger partial charge in [0.1, 0.15) is 6.04 Å². The molecule has 1 heterocycles. The molecule has 1 amide bonds. The smallest absolute Gasteiger partial charge is 0.242 e. The molecule has 1 atom stereocenters. The van der Waals surface area contributed by atoms with Gasteiger partial charge in [-0.05, 0) is 52.8 Å². The van der Waals surface area contributed by atoms with Gasteiger partial charge in [0.15, 0.2) is 0 Å². The Morgan fingerprint density at radius 1 is 1.35 bits per heavy atom. The lowest BCUT2D eigenvalue weighted by atomic mass is 10.1. The highest BCUT2D eigenvalue weighted by atomic mass is 32.1. The lowest BCUT2D eigenvalue weighted by Gasteiger charge is -2.24. The van der Waals surface area contributed by atoms with Crippen LogP contribution in [0.2, 0.25) is 0 Å². The zero-order chi connectivity index (χ0) is 14.9. The number of thiazole rings is 1. The van der Waals surface area contributed by atoms with Crippen LogP contribution < -0.4 is 10.6 Å². The second-order valence-corrected chi connectivity index (χ2v) is 7.26. The molecular weight excluding hydrogens is 270 g/mol. The van der Waals surface area contributed by atoms with E-state index in [4.69, 9.17) is 0 Å². The first-order chi connectivity index (χ1) is 9.24. The number of carbonyl (C=O) groups is 1. The zero-order valence-electron chi connectivity index (χ0n) is 12.6. The maximum atomic E-state index is 12.0. The molecule has 2 rings (SSSR count). The number of anilines is 1. The molecule has 4 nitrogen and oxygen atoms in total. The summed E-state index contributed by atoms with van der Waals surface area (Å²) in [4.78, 5) is 16.5. The number of rotatable bonds is 3. The van der Waals surface area contributed by atoms with Gasteiger partial charge >= 0.3 is 0 Å². The van der Waals surface area contributed by atoms with Crippen LogP contribution in [0.15, 0.2) is 18.2 Å². The number of hydrogen-bond acceptors (Lipinski definition) is 4.